The van der Waals surface area contributed by atoms with Crippen LogP contribution in [0.5, 0.6) is 5.75 Å². The standard InChI is InChI=1S/C16H22BN3O3/c1-6-11-10-20(19-18-11)12-7-8-13(14(21)9-12)17-22-15(2,3)16(4,5)23-17/h7-10,21H,6H2,1-5H3. The van der Waals surface area contributed by atoms with Crippen molar-refractivity contribution >= 4 is 12.6 Å². The zero-order valence-corrected chi connectivity index (χ0v) is 14.2. The Morgan fingerprint density at radius 1 is 1.17 bits per heavy atom. The van der Waals surface area contributed by atoms with Crippen LogP contribution in [0.1, 0.15) is 40.3 Å². The Morgan fingerprint density at radius 2 is 1.83 bits per heavy atom. The molecule has 2 heterocycles. The van der Waals surface area contributed by atoms with Crippen molar-refractivity contribution in [2.75, 3.05) is 0 Å². The molecule has 0 amide bonds. The fourth-order valence-corrected chi connectivity index (χ4v) is 2.43. The maximum atomic E-state index is 10.4. The molecule has 122 valence electrons. The lowest BCUT2D eigenvalue weighted by Gasteiger charge is -2.32. The lowest BCUT2D eigenvalue weighted by Crippen LogP contribution is -2.41. The summed E-state index contributed by atoms with van der Waals surface area (Å²) < 4.78 is 13.6. The maximum absolute atomic E-state index is 10.4. The van der Waals surface area contributed by atoms with Gasteiger partial charge in [0, 0.05) is 11.5 Å². The summed E-state index contributed by atoms with van der Waals surface area (Å²) in [6.07, 6.45) is 2.67. The number of aromatic hydroxyl groups is 1. The molecule has 2 aromatic rings. The normalized spacial score (nSPS) is 19.3. The fraction of sp³-hybridized carbons (Fsp3) is 0.500. The highest BCUT2D eigenvalue weighted by atomic mass is 16.7. The van der Waals surface area contributed by atoms with Gasteiger partial charge in [-0.3, -0.25) is 0 Å². The highest BCUT2D eigenvalue weighted by Gasteiger charge is 2.52. The molecule has 6 nitrogen and oxygen atoms in total. The number of nitrogens with zero attached hydrogens (tertiary/aromatic N) is 3. The van der Waals surface area contributed by atoms with E-state index < -0.39 is 18.3 Å². The lowest BCUT2D eigenvalue weighted by molar-refractivity contribution is 0.00578. The van der Waals surface area contributed by atoms with Gasteiger partial charge >= 0.3 is 7.12 Å². The SMILES string of the molecule is CCc1cn(-c2ccc(B3OC(C)(C)C(C)(C)O3)c(O)c2)nn1. The van der Waals surface area contributed by atoms with E-state index in [1.807, 2.05) is 46.9 Å². The van der Waals surface area contributed by atoms with Crippen LogP contribution in [0.3, 0.4) is 0 Å². The van der Waals surface area contributed by atoms with E-state index in [9.17, 15) is 5.11 Å². The molecule has 1 fully saturated rings. The predicted octanol–water partition coefficient (Wildman–Crippen LogP) is 1.83. The summed E-state index contributed by atoms with van der Waals surface area (Å²) in [5, 5.41) is 18.5. The molecule has 7 heteroatoms. The van der Waals surface area contributed by atoms with Crippen LogP contribution in [0, 0.1) is 0 Å². The van der Waals surface area contributed by atoms with Gasteiger partial charge in [-0.15, -0.1) is 5.10 Å². The van der Waals surface area contributed by atoms with Crippen LogP contribution in [0.15, 0.2) is 24.4 Å². The summed E-state index contributed by atoms with van der Waals surface area (Å²) >= 11 is 0. The minimum Gasteiger partial charge on any atom is -0.508 e. The van der Waals surface area contributed by atoms with Crippen molar-refractivity contribution in [2.45, 2.75) is 52.2 Å². The monoisotopic (exact) mass is 315 g/mol. The van der Waals surface area contributed by atoms with Crippen LogP contribution in [0.2, 0.25) is 0 Å². The van der Waals surface area contributed by atoms with Gasteiger partial charge in [0.2, 0.25) is 0 Å². The Bertz CT molecular complexity index is 711. The highest BCUT2D eigenvalue weighted by Crippen LogP contribution is 2.37. The summed E-state index contributed by atoms with van der Waals surface area (Å²) in [4.78, 5) is 0. The molecular formula is C16H22BN3O3. The van der Waals surface area contributed by atoms with E-state index in [2.05, 4.69) is 10.3 Å². The zero-order chi connectivity index (χ0) is 16.8. The smallest absolute Gasteiger partial charge is 0.498 e. The van der Waals surface area contributed by atoms with Crippen LogP contribution in [-0.2, 0) is 15.7 Å². The molecule has 1 aromatic heterocycles. The lowest BCUT2D eigenvalue weighted by atomic mass is 9.78. The van der Waals surface area contributed by atoms with Crippen molar-refractivity contribution in [1.82, 2.24) is 15.0 Å². The summed E-state index contributed by atoms with van der Waals surface area (Å²) in [5.74, 6) is 0.120. The van der Waals surface area contributed by atoms with Crippen molar-refractivity contribution in [3.63, 3.8) is 0 Å². The van der Waals surface area contributed by atoms with Crippen molar-refractivity contribution < 1.29 is 14.4 Å². The Hall–Kier alpha value is -1.86. The third-order valence-electron chi connectivity index (χ3n) is 4.69. The van der Waals surface area contributed by atoms with Gasteiger partial charge < -0.3 is 14.4 Å². The molecule has 1 aliphatic rings. The third kappa shape index (κ3) is 2.75. The zero-order valence-electron chi connectivity index (χ0n) is 14.2. The van der Waals surface area contributed by atoms with Crippen LogP contribution in [0.25, 0.3) is 5.69 Å². The Labute approximate surface area is 136 Å². The Balaban J connectivity index is 1.89. The van der Waals surface area contributed by atoms with Gasteiger partial charge in [0.1, 0.15) is 5.75 Å². The van der Waals surface area contributed by atoms with E-state index in [1.165, 1.54) is 0 Å². The second kappa shape index (κ2) is 5.35. The summed E-state index contributed by atoms with van der Waals surface area (Å²) in [6, 6.07) is 5.32. The molecule has 0 unspecified atom stereocenters. The van der Waals surface area contributed by atoms with E-state index in [0.717, 1.165) is 17.8 Å². The fourth-order valence-electron chi connectivity index (χ4n) is 2.43. The van der Waals surface area contributed by atoms with E-state index in [0.29, 0.717) is 5.46 Å². The van der Waals surface area contributed by atoms with Gasteiger partial charge in [0.05, 0.1) is 28.8 Å². The average molecular weight is 315 g/mol. The molecule has 0 radical (unpaired) electrons. The molecule has 1 aromatic carbocycles. The molecule has 0 bridgehead atoms. The molecule has 23 heavy (non-hydrogen) atoms. The third-order valence-corrected chi connectivity index (χ3v) is 4.69. The predicted molar refractivity (Wildman–Crippen MR) is 88.1 cm³/mol. The van der Waals surface area contributed by atoms with Gasteiger partial charge in [0.25, 0.3) is 0 Å². The molecule has 0 atom stereocenters. The van der Waals surface area contributed by atoms with Gasteiger partial charge in [-0.05, 0) is 40.2 Å². The van der Waals surface area contributed by atoms with E-state index in [4.69, 9.17) is 9.31 Å². The van der Waals surface area contributed by atoms with Gasteiger partial charge in [-0.25, -0.2) is 4.68 Å². The molecule has 1 saturated heterocycles. The van der Waals surface area contributed by atoms with E-state index >= 15 is 0 Å². The first kappa shape index (κ1) is 16.0. The number of hydrogen-bond donors (Lipinski definition) is 1. The summed E-state index contributed by atoms with van der Waals surface area (Å²) in [6.45, 7) is 9.97. The van der Waals surface area contributed by atoms with Crippen LogP contribution in [-0.4, -0.2) is 38.4 Å². The number of aryl methyl sites for hydroxylation is 1. The Kier molecular flexibility index (Phi) is 3.73. The maximum Gasteiger partial charge on any atom is 0.498 e. The molecule has 0 spiro atoms. The second-order valence-electron chi connectivity index (χ2n) is 6.84. The number of phenolic OH excluding ortho intramolecular Hbond substituents is 1. The van der Waals surface area contributed by atoms with Crippen molar-refractivity contribution in [1.29, 1.82) is 0 Å². The van der Waals surface area contributed by atoms with Crippen LogP contribution < -0.4 is 5.46 Å². The summed E-state index contributed by atoms with van der Waals surface area (Å²) in [7, 11) is -0.587. The summed E-state index contributed by atoms with van der Waals surface area (Å²) in [5.41, 5.74) is 1.38. The number of hydrogen-bond acceptors (Lipinski definition) is 5. The quantitative estimate of drug-likeness (QED) is 0.875. The number of rotatable bonds is 3. The largest absolute Gasteiger partial charge is 0.508 e. The van der Waals surface area contributed by atoms with Gasteiger partial charge in [0.15, 0.2) is 0 Å². The second-order valence-corrected chi connectivity index (χ2v) is 6.84. The van der Waals surface area contributed by atoms with Crippen molar-refractivity contribution in [2.24, 2.45) is 0 Å². The topological polar surface area (TPSA) is 69.4 Å². The first-order valence-electron chi connectivity index (χ1n) is 7.83. The molecule has 0 saturated carbocycles. The van der Waals surface area contributed by atoms with Gasteiger partial charge in [-0.2, -0.15) is 0 Å². The van der Waals surface area contributed by atoms with Crippen molar-refractivity contribution in [3.8, 4) is 11.4 Å². The molecule has 1 N–H and O–H groups in total. The molecule has 0 aliphatic carbocycles. The first-order valence-corrected chi connectivity index (χ1v) is 7.83. The van der Waals surface area contributed by atoms with Gasteiger partial charge in [-0.1, -0.05) is 18.2 Å². The van der Waals surface area contributed by atoms with Crippen LogP contribution >= 0.6 is 0 Å². The van der Waals surface area contributed by atoms with Crippen molar-refractivity contribution in [3.05, 3.63) is 30.1 Å². The molecular weight excluding hydrogens is 293 g/mol. The number of phenols is 1. The Morgan fingerprint density at radius 3 is 2.35 bits per heavy atom. The van der Waals surface area contributed by atoms with E-state index in [-0.39, 0.29) is 5.75 Å². The molecule has 3 rings (SSSR count). The minimum atomic E-state index is -0.587. The molecule has 1 aliphatic heterocycles. The first-order chi connectivity index (χ1) is 10.7. The number of aromatic nitrogens is 3. The highest BCUT2D eigenvalue weighted by molar-refractivity contribution is 6.63. The number of benzene rings is 1. The average Bonchev–Trinajstić information content (AvgIpc) is 3.01. The van der Waals surface area contributed by atoms with E-state index in [1.54, 1.807) is 16.8 Å². The minimum absolute atomic E-state index is 0.120. The van der Waals surface area contributed by atoms with Crippen LogP contribution in [0.4, 0.5) is 0 Å².